The Balaban J connectivity index is 2.27. The van der Waals surface area contributed by atoms with Gasteiger partial charge in [-0.15, -0.1) is 11.3 Å². The minimum atomic E-state index is -0.985. The number of rotatable bonds is 4. The van der Waals surface area contributed by atoms with E-state index >= 15 is 0 Å². The number of aromatic carboxylic acids is 1. The summed E-state index contributed by atoms with van der Waals surface area (Å²) in [6, 6.07) is 4.60. The standard InChI is InChI=1S/C13H13ClN2O2S/c1-7-6-19-12(15-7)8(2)16-11-5-9(14)3-4-10(11)13(17)18/h3-6,8,16H,1-2H3,(H,17,18). The van der Waals surface area contributed by atoms with E-state index in [-0.39, 0.29) is 11.6 Å². The molecule has 1 unspecified atom stereocenters. The van der Waals surface area contributed by atoms with Crippen molar-refractivity contribution in [2.75, 3.05) is 5.32 Å². The number of carboxylic acids is 1. The highest BCUT2D eigenvalue weighted by Gasteiger charge is 2.15. The van der Waals surface area contributed by atoms with E-state index in [2.05, 4.69) is 10.3 Å². The number of benzene rings is 1. The van der Waals surface area contributed by atoms with Crippen LogP contribution in [0.1, 0.15) is 34.0 Å². The average Bonchev–Trinajstić information content (AvgIpc) is 2.75. The summed E-state index contributed by atoms with van der Waals surface area (Å²) in [7, 11) is 0. The summed E-state index contributed by atoms with van der Waals surface area (Å²) in [6.07, 6.45) is 0. The van der Waals surface area contributed by atoms with Gasteiger partial charge in [-0.25, -0.2) is 9.78 Å². The molecule has 0 aliphatic rings. The second kappa shape index (κ2) is 5.59. The Morgan fingerprint density at radius 3 is 2.84 bits per heavy atom. The number of carbonyl (C=O) groups is 1. The first-order chi connectivity index (χ1) is 8.97. The van der Waals surface area contributed by atoms with E-state index in [4.69, 9.17) is 16.7 Å². The van der Waals surface area contributed by atoms with Crippen molar-refractivity contribution in [1.29, 1.82) is 0 Å². The number of halogens is 1. The molecule has 0 fully saturated rings. The molecule has 0 aliphatic carbocycles. The molecule has 2 N–H and O–H groups in total. The van der Waals surface area contributed by atoms with Crippen molar-refractivity contribution in [2.45, 2.75) is 19.9 Å². The highest BCUT2D eigenvalue weighted by Crippen LogP contribution is 2.27. The molecule has 19 heavy (non-hydrogen) atoms. The Kier molecular flexibility index (Phi) is 4.07. The minimum absolute atomic E-state index is 0.0738. The maximum absolute atomic E-state index is 11.2. The van der Waals surface area contributed by atoms with E-state index in [1.807, 2.05) is 19.2 Å². The third kappa shape index (κ3) is 3.24. The molecule has 1 atom stereocenters. The van der Waals surface area contributed by atoms with E-state index in [1.54, 1.807) is 23.5 Å². The zero-order chi connectivity index (χ0) is 14.0. The van der Waals surface area contributed by atoms with E-state index in [9.17, 15) is 4.79 Å². The molecule has 6 heteroatoms. The highest BCUT2D eigenvalue weighted by molar-refractivity contribution is 7.09. The van der Waals surface area contributed by atoms with Crippen LogP contribution < -0.4 is 5.32 Å². The van der Waals surface area contributed by atoms with Crippen molar-refractivity contribution < 1.29 is 9.90 Å². The summed E-state index contributed by atoms with van der Waals surface area (Å²) in [4.78, 5) is 15.5. The lowest BCUT2D eigenvalue weighted by Gasteiger charge is -2.15. The molecule has 0 bridgehead atoms. The number of aryl methyl sites for hydroxylation is 1. The first-order valence-electron chi connectivity index (χ1n) is 5.69. The van der Waals surface area contributed by atoms with Gasteiger partial charge in [0.1, 0.15) is 5.01 Å². The monoisotopic (exact) mass is 296 g/mol. The predicted molar refractivity (Wildman–Crippen MR) is 77.3 cm³/mol. The van der Waals surface area contributed by atoms with Crippen LogP contribution in [0.2, 0.25) is 5.02 Å². The average molecular weight is 297 g/mol. The Morgan fingerprint density at radius 2 is 2.26 bits per heavy atom. The molecule has 0 saturated heterocycles. The third-order valence-corrected chi connectivity index (χ3v) is 3.97. The van der Waals surface area contributed by atoms with Crippen LogP contribution in [-0.4, -0.2) is 16.1 Å². The topological polar surface area (TPSA) is 62.2 Å². The lowest BCUT2D eigenvalue weighted by Crippen LogP contribution is -2.10. The number of aromatic nitrogens is 1. The van der Waals surface area contributed by atoms with Gasteiger partial charge in [0.25, 0.3) is 0 Å². The summed E-state index contributed by atoms with van der Waals surface area (Å²) in [6.45, 7) is 3.86. The van der Waals surface area contributed by atoms with E-state index in [0.29, 0.717) is 10.7 Å². The van der Waals surface area contributed by atoms with E-state index in [0.717, 1.165) is 10.7 Å². The molecule has 0 aliphatic heterocycles. The number of hydrogen-bond donors (Lipinski definition) is 2. The number of nitrogens with one attached hydrogen (secondary N) is 1. The van der Waals surface area contributed by atoms with Crippen LogP contribution in [0.5, 0.6) is 0 Å². The summed E-state index contributed by atoms with van der Waals surface area (Å²) in [5, 5.41) is 15.7. The molecule has 0 saturated carbocycles. The smallest absolute Gasteiger partial charge is 0.337 e. The third-order valence-electron chi connectivity index (χ3n) is 2.59. The van der Waals surface area contributed by atoms with Gasteiger partial charge in [-0.1, -0.05) is 11.6 Å². The first-order valence-corrected chi connectivity index (χ1v) is 6.94. The molecule has 2 rings (SSSR count). The fourth-order valence-electron chi connectivity index (χ4n) is 1.69. The normalized spacial score (nSPS) is 12.2. The largest absolute Gasteiger partial charge is 0.478 e. The van der Waals surface area contributed by atoms with Crippen LogP contribution in [0, 0.1) is 6.92 Å². The fourth-order valence-corrected chi connectivity index (χ4v) is 2.66. The Bertz CT molecular complexity index is 612. The van der Waals surface area contributed by atoms with Crippen LogP contribution in [-0.2, 0) is 0 Å². The number of nitrogens with zero attached hydrogens (tertiary/aromatic N) is 1. The zero-order valence-electron chi connectivity index (χ0n) is 10.5. The molecule has 1 aromatic carbocycles. The van der Waals surface area contributed by atoms with Crippen LogP contribution in [0.4, 0.5) is 5.69 Å². The van der Waals surface area contributed by atoms with Gasteiger partial charge in [0, 0.05) is 16.1 Å². The fraction of sp³-hybridized carbons (Fsp3) is 0.231. The molecular weight excluding hydrogens is 284 g/mol. The molecular formula is C13H13ClN2O2S. The zero-order valence-corrected chi connectivity index (χ0v) is 12.0. The van der Waals surface area contributed by atoms with Crippen LogP contribution in [0.3, 0.4) is 0 Å². The van der Waals surface area contributed by atoms with Gasteiger partial charge in [-0.2, -0.15) is 0 Å². The van der Waals surface area contributed by atoms with Crippen molar-refractivity contribution in [2.24, 2.45) is 0 Å². The number of anilines is 1. The van der Waals surface area contributed by atoms with Crippen LogP contribution in [0.15, 0.2) is 23.6 Å². The lowest BCUT2D eigenvalue weighted by molar-refractivity contribution is 0.0698. The summed E-state index contributed by atoms with van der Waals surface area (Å²) in [5.74, 6) is -0.985. The molecule has 1 aromatic heterocycles. The van der Waals surface area contributed by atoms with Crippen LogP contribution in [0.25, 0.3) is 0 Å². The van der Waals surface area contributed by atoms with Crippen molar-refractivity contribution in [3.63, 3.8) is 0 Å². The molecule has 1 heterocycles. The summed E-state index contributed by atoms with van der Waals surface area (Å²) < 4.78 is 0. The maximum Gasteiger partial charge on any atom is 0.337 e. The van der Waals surface area contributed by atoms with Gasteiger partial charge in [-0.05, 0) is 32.0 Å². The number of thiazole rings is 1. The van der Waals surface area contributed by atoms with Gasteiger partial charge >= 0.3 is 5.97 Å². The Hall–Kier alpha value is -1.59. The minimum Gasteiger partial charge on any atom is -0.478 e. The number of carboxylic acid groups (broad SMARTS) is 1. The second-order valence-electron chi connectivity index (χ2n) is 4.19. The van der Waals surface area contributed by atoms with Crippen molar-refractivity contribution in [3.05, 3.63) is 44.9 Å². The summed E-state index contributed by atoms with van der Waals surface area (Å²) in [5.41, 5.74) is 1.66. The van der Waals surface area contributed by atoms with E-state index < -0.39 is 5.97 Å². The molecule has 4 nitrogen and oxygen atoms in total. The first kappa shape index (κ1) is 13.8. The van der Waals surface area contributed by atoms with Gasteiger partial charge < -0.3 is 10.4 Å². The molecule has 0 spiro atoms. The van der Waals surface area contributed by atoms with Crippen molar-refractivity contribution in [3.8, 4) is 0 Å². The van der Waals surface area contributed by atoms with Gasteiger partial charge in [0.05, 0.1) is 17.3 Å². The Morgan fingerprint density at radius 1 is 1.53 bits per heavy atom. The lowest BCUT2D eigenvalue weighted by atomic mass is 10.1. The molecule has 100 valence electrons. The quantitative estimate of drug-likeness (QED) is 0.896. The highest BCUT2D eigenvalue weighted by atomic mass is 35.5. The van der Waals surface area contributed by atoms with Crippen molar-refractivity contribution >= 4 is 34.6 Å². The SMILES string of the molecule is Cc1csc(C(C)Nc2cc(Cl)ccc2C(=O)O)n1. The van der Waals surface area contributed by atoms with Gasteiger partial charge in [0.2, 0.25) is 0 Å². The second-order valence-corrected chi connectivity index (χ2v) is 5.51. The molecule has 0 amide bonds. The number of hydrogen-bond acceptors (Lipinski definition) is 4. The summed E-state index contributed by atoms with van der Waals surface area (Å²) >= 11 is 7.45. The maximum atomic E-state index is 11.2. The Labute approximate surface area is 120 Å². The predicted octanol–water partition coefficient (Wildman–Crippen LogP) is 3.98. The van der Waals surface area contributed by atoms with Crippen molar-refractivity contribution in [1.82, 2.24) is 4.98 Å². The molecule has 0 radical (unpaired) electrons. The van der Waals surface area contributed by atoms with Gasteiger partial charge in [-0.3, -0.25) is 0 Å². The van der Waals surface area contributed by atoms with Crippen LogP contribution >= 0.6 is 22.9 Å². The molecule has 2 aromatic rings. The van der Waals surface area contributed by atoms with E-state index in [1.165, 1.54) is 6.07 Å². The van der Waals surface area contributed by atoms with Gasteiger partial charge in [0.15, 0.2) is 0 Å².